The number of ether oxygens (including phenoxy) is 2. The van der Waals surface area contributed by atoms with Gasteiger partial charge in [0.1, 0.15) is 6.61 Å². The fraction of sp³-hybridized carbons (Fsp3) is 0.488. The Kier molecular flexibility index (Phi) is 34.7. The Morgan fingerprint density at radius 1 is 0.538 bits per heavy atom. The number of carbonyl (C=O) groups excluding carboxylic acids is 2. The zero-order chi connectivity index (χ0) is 38.2. The second-order valence-corrected chi connectivity index (χ2v) is 13.2. The zero-order valence-electron chi connectivity index (χ0n) is 31.6. The quantitative estimate of drug-likeness (QED) is 0.0230. The summed E-state index contributed by atoms with van der Waals surface area (Å²) >= 11 is 0. The average molecular weight is 741 g/mol. The summed E-state index contributed by atoms with van der Waals surface area (Å²) in [5.74, 6) is -1.04. The van der Waals surface area contributed by atoms with E-state index < -0.39 is 32.5 Å². The van der Waals surface area contributed by atoms with E-state index in [1.54, 1.807) is 0 Å². The van der Waals surface area contributed by atoms with Gasteiger partial charge in [-0.1, -0.05) is 148 Å². The van der Waals surface area contributed by atoms with Crippen molar-refractivity contribution in [2.24, 2.45) is 0 Å². The molecule has 0 radical (unpaired) electrons. The number of esters is 2. The second-order valence-electron chi connectivity index (χ2n) is 11.9. The van der Waals surface area contributed by atoms with Gasteiger partial charge in [-0.15, -0.1) is 0 Å². The highest BCUT2D eigenvalue weighted by atomic mass is 31.2. The molecule has 2 N–H and O–H groups in total. The van der Waals surface area contributed by atoms with E-state index in [1.165, 1.54) is 25.7 Å². The molecule has 0 aliphatic rings. The predicted octanol–water partition coefficient (Wildman–Crippen LogP) is 11.4. The molecular weight excluding hydrogens is 675 g/mol. The summed E-state index contributed by atoms with van der Waals surface area (Å²) in [6.45, 7) is 3.37. The standard InChI is InChI=1S/C43H65O8P/c1-3-5-7-9-11-13-15-17-18-19-20-21-22-23-24-26-27-29-31-33-35-37-42(44)49-39-41(40-50-52(46,47)48)51-43(45)38-36-34-32-30-28-25-16-14-12-10-8-6-4-2/h6,8,10-14,16-18,20-21,23-25,27-30,32,41H,3-5,7,9,15,19,22,26,31,33-40H2,1-2H3,(H2,46,47,48)/b8-6+,12-10+,13-11+,16-14+,18-17+,21-20+,24-23+,28-25+,29-27+,32-30+. The maximum atomic E-state index is 12.3. The zero-order valence-corrected chi connectivity index (χ0v) is 32.5. The molecular formula is C43H65O8P. The fourth-order valence-electron chi connectivity index (χ4n) is 4.30. The Morgan fingerprint density at radius 3 is 1.52 bits per heavy atom. The smallest absolute Gasteiger partial charge is 0.462 e. The van der Waals surface area contributed by atoms with Gasteiger partial charge in [-0.3, -0.25) is 14.1 Å². The summed E-state index contributed by atoms with van der Waals surface area (Å²) in [7, 11) is -4.79. The number of allylic oxidation sites excluding steroid dienone is 20. The van der Waals surface area contributed by atoms with Gasteiger partial charge >= 0.3 is 19.8 Å². The molecule has 0 aromatic rings. The molecule has 0 spiro atoms. The molecule has 0 saturated heterocycles. The summed E-state index contributed by atoms with van der Waals surface area (Å²) in [5, 5.41) is 0. The van der Waals surface area contributed by atoms with Crippen LogP contribution >= 0.6 is 7.82 Å². The third-order valence-electron chi connectivity index (χ3n) is 7.09. The molecule has 0 rings (SSSR count). The van der Waals surface area contributed by atoms with Gasteiger partial charge in [-0.05, 0) is 77.0 Å². The van der Waals surface area contributed by atoms with Crippen LogP contribution < -0.4 is 0 Å². The molecule has 9 heteroatoms. The number of hydrogen-bond acceptors (Lipinski definition) is 6. The Morgan fingerprint density at radius 2 is 1.00 bits per heavy atom. The van der Waals surface area contributed by atoms with E-state index in [0.717, 1.165) is 44.9 Å². The lowest BCUT2D eigenvalue weighted by atomic mass is 10.2. The molecule has 0 aliphatic heterocycles. The monoisotopic (exact) mass is 740 g/mol. The number of phosphoric ester groups is 1. The molecule has 1 unspecified atom stereocenters. The van der Waals surface area contributed by atoms with Gasteiger partial charge in [0.2, 0.25) is 0 Å². The lowest BCUT2D eigenvalue weighted by Gasteiger charge is -2.18. The highest BCUT2D eigenvalue weighted by Crippen LogP contribution is 2.35. The molecule has 0 aromatic carbocycles. The fourth-order valence-corrected chi connectivity index (χ4v) is 4.66. The minimum atomic E-state index is -4.79. The van der Waals surface area contributed by atoms with Crippen LogP contribution in [0.15, 0.2) is 122 Å². The van der Waals surface area contributed by atoms with Crippen molar-refractivity contribution < 1.29 is 37.9 Å². The maximum absolute atomic E-state index is 12.3. The van der Waals surface area contributed by atoms with Crippen molar-refractivity contribution in [1.29, 1.82) is 0 Å². The molecule has 8 nitrogen and oxygen atoms in total. The molecule has 290 valence electrons. The van der Waals surface area contributed by atoms with Crippen molar-refractivity contribution in [2.75, 3.05) is 13.2 Å². The highest BCUT2D eigenvalue weighted by molar-refractivity contribution is 7.46. The third-order valence-corrected chi connectivity index (χ3v) is 7.58. The minimum absolute atomic E-state index is 0.0975. The number of hydrogen-bond donors (Lipinski definition) is 2. The molecule has 0 saturated carbocycles. The first-order valence-electron chi connectivity index (χ1n) is 18.9. The first-order valence-corrected chi connectivity index (χ1v) is 20.4. The van der Waals surface area contributed by atoms with Crippen LogP contribution in [0.25, 0.3) is 0 Å². The summed E-state index contributed by atoms with van der Waals surface area (Å²) in [5.41, 5.74) is 0. The van der Waals surface area contributed by atoms with Crippen molar-refractivity contribution in [1.82, 2.24) is 0 Å². The van der Waals surface area contributed by atoms with E-state index >= 15 is 0 Å². The summed E-state index contributed by atoms with van der Waals surface area (Å²) in [4.78, 5) is 42.6. The number of carbonyl (C=O) groups is 2. The first-order chi connectivity index (χ1) is 25.3. The number of rotatable bonds is 32. The van der Waals surface area contributed by atoms with Gasteiger partial charge < -0.3 is 19.3 Å². The Hall–Kier alpha value is -3.55. The lowest BCUT2D eigenvalue weighted by molar-refractivity contribution is -0.161. The Balaban J connectivity index is 4.18. The van der Waals surface area contributed by atoms with E-state index in [0.29, 0.717) is 19.3 Å². The largest absolute Gasteiger partial charge is 0.469 e. The molecule has 0 amide bonds. The normalized spacial score (nSPS) is 13.8. The third kappa shape index (κ3) is 39.2. The van der Waals surface area contributed by atoms with Crippen molar-refractivity contribution in [3.05, 3.63) is 122 Å². The van der Waals surface area contributed by atoms with Crippen LogP contribution in [0.3, 0.4) is 0 Å². The molecule has 0 heterocycles. The van der Waals surface area contributed by atoms with Crippen molar-refractivity contribution in [3.8, 4) is 0 Å². The van der Waals surface area contributed by atoms with E-state index in [2.05, 4.69) is 85.2 Å². The molecule has 0 aliphatic carbocycles. The number of phosphoric acid groups is 1. The van der Waals surface area contributed by atoms with Gasteiger partial charge in [0.15, 0.2) is 6.10 Å². The van der Waals surface area contributed by atoms with Crippen LogP contribution in [0.4, 0.5) is 0 Å². The molecule has 0 bridgehead atoms. The Labute approximate surface area is 314 Å². The first kappa shape index (κ1) is 48.5. The van der Waals surface area contributed by atoms with Crippen LogP contribution in [-0.4, -0.2) is 41.0 Å². The summed E-state index contributed by atoms with van der Waals surface area (Å²) in [6.07, 6.45) is 53.6. The van der Waals surface area contributed by atoms with Crippen LogP contribution in [0.2, 0.25) is 0 Å². The average Bonchev–Trinajstić information content (AvgIpc) is 3.11. The van der Waals surface area contributed by atoms with E-state index in [9.17, 15) is 14.2 Å². The summed E-state index contributed by atoms with van der Waals surface area (Å²) in [6, 6.07) is 0. The second kappa shape index (κ2) is 37.2. The van der Waals surface area contributed by atoms with Crippen molar-refractivity contribution in [3.63, 3.8) is 0 Å². The Bertz CT molecular complexity index is 1240. The minimum Gasteiger partial charge on any atom is -0.462 e. The van der Waals surface area contributed by atoms with Gasteiger partial charge in [-0.25, -0.2) is 4.57 Å². The topological polar surface area (TPSA) is 119 Å². The lowest BCUT2D eigenvalue weighted by Crippen LogP contribution is -2.29. The molecule has 1 atom stereocenters. The van der Waals surface area contributed by atoms with Crippen LogP contribution in [-0.2, 0) is 28.2 Å². The molecule has 0 aromatic heterocycles. The van der Waals surface area contributed by atoms with Crippen LogP contribution in [0.5, 0.6) is 0 Å². The highest BCUT2D eigenvalue weighted by Gasteiger charge is 2.22. The van der Waals surface area contributed by atoms with Gasteiger partial charge in [-0.2, -0.15) is 0 Å². The van der Waals surface area contributed by atoms with E-state index in [1.807, 2.05) is 54.7 Å². The van der Waals surface area contributed by atoms with Crippen molar-refractivity contribution in [2.45, 2.75) is 123 Å². The van der Waals surface area contributed by atoms with E-state index in [4.69, 9.17) is 19.3 Å². The SMILES string of the molecule is CC/C=C/C=C/C=C/C=C/C=C/CCCC(=O)OC(COC(=O)CCCC/C=C/C/C=C/C/C=C/C/C=C/C/C=C/CCCCC)COP(=O)(O)O. The van der Waals surface area contributed by atoms with Crippen LogP contribution in [0, 0.1) is 0 Å². The van der Waals surface area contributed by atoms with Gasteiger partial charge in [0.05, 0.1) is 6.61 Å². The maximum Gasteiger partial charge on any atom is 0.469 e. The number of unbranched alkanes of at least 4 members (excludes halogenated alkanes) is 6. The van der Waals surface area contributed by atoms with Gasteiger partial charge in [0, 0.05) is 12.8 Å². The predicted molar refractivity (Wildman–Crippen MR) is 215 cm³/mol. The van der Waals surface area contributed by atoms with Crippen molar-refractivity contribution >= 4 is 19.8 Å². The summed E-state index contributed by atoms with van der Waals surface area (Å²) < 4.78 is 26.2. The van der Waals surface area contributed by atoms with Gasteiger partial charge in [0.25, 0.3) is 0 Å². The molecule has 0 fully saturated rings. The molecule has 52 heavy (non-hydrogen) atoms. The van der Waals surface area contributed by atoms with E-state index in [-0.39, 0.29) is 19.4 Å². The van der Waals surface area contributed by atoms with Crippen LogP contribution in [0.1, 0.15) is 117 Å².